The third-order valence-electron chi connectivity index (χ3n) is 6.79. The van der Waals surface area contributed by atoms with E-state index >= 15 is 0 Å². The van der Waals surface area contributed by atoms with Crippen LogP contribution in [0.2, 0.25) is 0 Å². The molecule has 0 aromatic heterocycles. The highest BCUT2D eigenvalue weighted by molar-refractivity contribution is 6.06. The summed E-state index contributed by atoms with van der Waals surface area (Å²) in [5.74, 6) is -0.790. The average Bonchev–Trinajstić information content (AvgIpc) is 3.08. The molecule has 31 heavy (non-hydrogen) atoms. The van der Waals surface area contributed by atoms with Crippen molar-refractivity contribution in [2.24, 2.45) is 5.73 Å². The molecule has 2 aliphatic heterocycles. The first kappa shape index (κ1) is 19.9. The highest BCUT2D eigenvalue weighted by Crippen LogP contribution is 2.39. The molecule has 1 unspecified atom stereocenters. The fourth-order valence-corrected chi connectivity index (χ4v) is 5.06. The Balaban J connectivity index is 1.25. The van der Waals surface area contributed by atoms with Gasteiger partial charge in [-0.1, -0.05) is 48.5 Å². The minimum atomic E-state index is -0.589. The van der Waals surface area contributed by atoms with E-state index < -0.39 is 6.04 Å². The van der Waals surface area contributed by atoms with E-state index in [4.69, 9.17) is 5.73 Å². The minimum absolute atomic E-state index is 0.132. The van der Waals surface area contributed by atoms with Crippen LogP contribution in [0.3, 0.4) is 0 Å². The van der Waals surface area contributed by atoms with Crippen LogP contribution in [0, 0.1) is 0 Å². The number of carbonyl (C=O) groups excluding carboxylic acids is 3. The summed E-state index contributed by atoms with van der Waals surface area (Å²) in [5.41, 5.74) is 9.97. The number of hydrogen-bond donors (Lipinski definition) is 3. The zero-order valence-electron chi connectivity index (χ0n) is 17.3. The zero-order valence-corrected chi connectivity index (χ0v) is 17.3. The van der Waals surface area contributed by atoms with Crippen molar-refractivity contribution in [3.63, 3.8) is 0 Å². The van der Waals surface area contributed by atoms with Gasteiger partial charge in [-0.3, -0.25) is 19.7 Å². The van der Waals surface area contributed by atoms with Crippen LogP contribution in [0.25, 0.3) is 0 Å². The molecule has 7 nitrogen and oxygen atoms in total. The fraction of sp³-hybridized carbons (Fsp3) is 0.375. The lowest BCUT2D eigenvalue weighted by atomic mass is 9.69. The molecular formula is C24H26N4O3. The first-order valence-corrected chi connectivity index (χ1v) is 10.8. The maximum absolute atomic E-state index is 13.2. The second-order valence-corrected chi connectivity index (χ2v) is 8.86. The van der Waals surface area contributed by atoms with Crippen molar-refractivity contribution >= 4 is 17.7 Å². The van der Waals surface area contributed by atoms with E-state index in [-0.39, 0.29) is 29.7 Å². The number of carbonyl (C=O) groups is 3. The lowest BCUT2D eigenvalue weighted by Crippen LogP contribution is -2.56. The maximum Gasteiger partial charge on any atom is 0.255 e. The number of nitrogens with one attached hydrogen (secondary N) is 2. The Bertz CT molecular complexity index is 1050. The Kier molecular flexibility index (Phi) is 4.87. The molecule has 160 valence electrons. The second-order valence-electron chi connectivity index (χ2n) is 8.86. The molecule has 2 aromatic rings. The Hall–Kier alpha value is -3.03. The highest BCUT2D eigenvalue weighted by Gasteiger charge is 2.43. The molecule has 2 aromatic carbocycles. The summed E-state index contributed by atoms with van der Waals surface area (Å²) in [4.78, 5) is 38.5. The number of imide groups is 1. The van der Waals surface area contributed by atoms with Crippen molar-refractivity contribution in [3.05, 3.63) is 70.8 Å². The molecule has 3 amide bonds. The predicted octanol–water partition coefficient (Wildman–Crippen LogP) is 1.55. The smallest absolute Gasteiger partial charge is 0.255 e. The van der Waals surface area contributed by atoms with E-state index in [1.165, 1.54) is 0 Å². The number of fused-ring (bicyclic) bond motifs is 1. The van der Waals surface area contributed by atoms with Gasteiger partial charge in [-0.2, -0.15) is 0 Å². The van der Waals surface area contributed by atoms with Crippen molar-refractivity contribution in [1.29, 1.82) is 0 Å². The van der Waals surface area contributed by atoms with Crippen LogP contribution >= 0.6 is 0 Å². The SMILES string of the molecule is NC1(c2ccccc2)CC(NCc2cccc3c2C(=O)N(C2CCC(=O)NC2=O)C3)C1. The van der Waals surface area contributed by atoms with Gasteiger partial charge >= 0.3 is 0 Å². The Morgan fingerprint density at radius 3 is 2.58 bits per heavy atom. The highest BCUT2D eigenvalue weighted by atomic mass is 16.2. The van der Waals surface area contributed by atoms with Crippen LogP contribution in [0.1, 0.15) is 52.7 Å². The first-order valence-electron chi connectivity index (χ1n) is 10.8. The van der Waals surface area contributed by atoms with E-state index in [2.05, 4.69) is 22.8 Å². The predicted molar refractivity (Wildman–Crippen MR) is 115 cm³/mol. The molecule has 2 heterocycles. The molecular weight excluding hydrogens is 392 g/mol. The summed E-state index contributed by atoms with van der Waals surface area (Å²) in [6.45, 7) is 0.977. The monoisotopic (exact) mass is 418 g/mol. The summed E-state index contributed by atoms with van der Waals surface area (Å²) >= 11 is 0. The lowest BCUT2D eigenvalue weighted by molar-refractivity contribution is -0.136. The Morgan fingerprint density at radius 1 is 1.06 bits per heavy atom. The molecule has 5 rings (SSSR count). The molecule has 4 N–H and O–H groups in total. The van der Waals surface area contributed by atoms with Crippen LogP contribution in [-0.2, 0) is 28.2 Å². The van der Waals surface area contributed by atoms with Gasteiger partial charge in [-0.25, -0.2) is 0 Å². The van der Waals surface area contributed by atoms with E-state index in [1.54, 1.807) is 4.90 Å². The van der Waals surface area contributed by atoms with E-state index in [9.17, 15) is 14.4 Å². The van der Waals surface area contributed by atoms with Crippen LogP contribution in [0.5, 0.6) is 0 Å². The van der Waals surface area contributed by atoms with Gasteiger partial charge < -0.3 is 16.0 Å². The molecule has 7 heteroatoms. The normalized spacial score (nSPS) is 27.6. The van der Waals surface area contributed by atoms with Crippen LogP contribution in [0.4, 0.5) is 0 Å². The third kappa shape index (κ3) is 3.54. The van der Waals surface area contributed by atoms with E-state index in [1.807, 2.05) is 36.4 Å². The molecule has 1 saturated heterocycles. The van der Waals surface area contributed by atoms with Crippen LogP contribution in [0.15, 0.2) is 48.5 Å². The molecule has 2 fully saturated rings. The molecule has 0 bridgehead atoms. The second kappa shape index (κ2) is 7.59. The van der Waals surface area contributed by atoms with Gasteiger partial charge in [0.05, 0.1) is 0 Å². The van der Waals surface area contributed by atoms with Crippen molar-refractivity contribution in [3.8, 4) is 0 Å². The number of nitrogens with zero attached hydrogens (tertiary/aromatic N) is 1. The first-order chi connectivity index (χ1) is 14.9. The lowest BCUT2D eigenvalue weighted by Gasteiger charge is -2.46. The van der Waals surface area contributed by atoms with Gasteiger partial charge in [0.2, 0.25) is 11.8 Å². The van der Waals surface area contributed by atoms with Gasteiger partial charge in [-0.05, 0) is 36.0 Å². The number of amides is 3. The van der Waals surface area contributed by atoms with Crippen molar-refractivity contribution < 1.29 is 14.4 Å². The number of benzene rings is 2. The number of rotatable bonds is 5. The van der Waals surface area contributed by atoms with Crippen LogP contribution < -0.4 is 16.4 Å². The zero-order chi connectivity index (χ0) is 21.6. The molecule has 1 saturated carbocycles. The molecule has 0 spiro atoms. The fourth-order valence-electron chi connectivity index (χ4n) is 5.06. The number of hydrogen-bond acceptors (Lipinski definition) is 5. The summed E-state index contributed by atoms with van der Waals surface area (Å²) in [7, 11) is 0. The minimum Gasteiger partial charge on any atom is -0.322 e. The van der Waals surface area contributed by atoms with Crippen molar-refractivity contribution in [2.45, 2.75) is 56.4 Å². The third-order valence-corrected chi connectivity index (χ3v) is 6.79. The quantitative estimate of drug-likeness (QED) is 0.639. The largest absolute Gasteiger partial charge is 0.322 e. The summed E-state index contributed by atoms with van der Waals surface area (Å²) in [5, 5.41) is 5.89. The molecule has 0 radical (unpaired) electrons. The van der Waals surface area contributed by atoms with Gasteiger partial charge in [0.1, 0.15) is 6.04 Å². The molecule has 3 aliphatic rings. The topological polar surface area (TPSA) is 105 Å². The number of piperidine rings is 1. The van der Waals surface area contributed by atoms with Gasteiger partial charge in [0, 0.05) is 36.7 Å². The average molecular weight is 418 g/mol. The Labute approximate surface area is 181 Å². The van der Waals surface area contributed by atoms with E-state index in [0.717, 1.165) is 29.5 Å². The molecule has 1 aliphatic carbocycles. The van der Waals surface area contributed by atoms with Crippen molar-refractivity contribution in [1.82, 2.24) is 15.5 Å². The summed E-state index contributed by atoms with van der Waals surface area (Å²) in [6, 6.07) is 15.7. The van der Waals surface area contributed by atoms with Gasteiger partial charge in [0.25, 0.3) is 5.91 Å². The standard InChI is InChI=1S/C24H26N4O3/c25-24(17-7-2-1-3-8-17)11-18(12-24)26-13-15-5-4-6-16-14-28(23(31)21(15)16)19-9-10-20(29)27-22(19)30/h1-8,18-19,26H,9-14,25H2,(H,27,29,30). The summed E-state index contributed by atoms with van der Waals surface area (Å²) < 4.78 is 0. The van der Waals surface area contributed by atoms with Gasteiger partial charge in [0.15, 0.2) is 0 Å². The van der Waals surface area contributed by atoms with Crippen LogP contribution in [-0.4, -0.2) is 34.7 Å². The van der Waals surface area contributed by atoms with E-state index in [0.29, 0.717) is 31.1 Å². The summed E-state index contributed by atoms with van der Waals surface area (Å²) in [6.07, 6.45) is 2.33. The van der Waals surface area contributed by atoms with Crippen molar-refractivity contribution in [2.75, 3.05) is 0 Å². The molecule has 1 atom stereocenters. The number of nitrogens with two attached hydrogens (primary N) is 1. The maximum atomic E-state index is 13.2. The Morgan fingerprint density at radius 2 is 1.84 bits per heavy atom. The van der Waals surface area contributed by atoms with Gasteiger partial charge in [-0.15, -0.1) is 0 Å².